The summed E-state index contributed by atoms with van der Waals surface area (Å²) in [7, 11) is 2.15. The molecule has 0 radical (unpaired) electrons. The highest BCUT2D eigenvalue weighted by Crippen LogP contribution is 2.24. The van der Waals surface area contributed by atoms with Crippen molar-refractivity contribution in [3.05, 3.63) is 66.0 Å². The third-order valence-electron chi connectivity index (χ3n) is 6.07. The van der Waals surface area contributed by atoms with Crippen LogP contribution >= 0.6 is 0 Å². The Morgan fingerprint density at radius 3 is 2.55 bits per heavy atom. The van der Waals surface area contributed by atoms with Gasteiger partial charge in [0.2, 0.25) is 5.95 Å². The first-order valence-corrected chi connectivity index (χ1v) is 11.9. The number of pyridine rings is 1. The van der Waals surface area contributed by atoms with E-state index in [1.54, 1.807) is 22.9 Å². The molecule has 1 saturated heterocycles. The maximum Gasteiger partial charge on any atom is 0.373 e. The number of carbonyl (C=O) groups excluding carboxylic acids is 2. The molecule has 0 amide bonds. The SMILES string of the molecule is C[C@@H]1CN(C)CCN1c1cccc(Cn2cc(-c3cc(-c4cccc(C#N)c4)nc(N)n3)nn2)n1.O=C=O. The summed E-state index contributed by atoms with van der Waals surface area (Å²) in [5.41, 5.74) is 9.99. The Labute approximate surface area is 219 Å². The molecular formula is C26H26N10O2. The van der Waals surface area contributed by atoms with Gasteiger partial charge in [-0.1, -0.05) is 23.4 Å². The number of aromatic nitrogens is 6. The molecule has 0 spiro atoms. The molecule has 5 rings (SSSR count). The van der Waals surface area contributed by atoms with Gasteiger partial charge in [0, 0.05) is 31.2 Å². The highest BCUT2D eigenvalue weighted by molar-refractivity contribution is 5.68. The summed E-state index contributed by atoms with van der Waals surface area (Å²) in [5.74, 6) is 1.11. The summed E-state index contributed by atoms with van der Waals surface area (Å²) in [6.07, 6.45) is 2.07. The van der Waals surface area contributed by atoms with Gasteiger partial charge in [-0.2, -0.15) is 14.9 Å². The number of piperazine rings is 1. The fourth-order valence-corrected chi connectivity index (χ4v) is 4.35. The zero-order chi connectivity index (χ0) is 27.1. The second-order valence-corrected chi connectivity index (χ2v) is 8.87. The van der Waals surface area contributed by atoms with Crippen LogP contribution in [0.25, 0.3) is 22.6 Å². The largest absolute Gasteiger partial charge is 0.373 e. The van der Waals surface area contributed by atoms with Gasteiger partial charge in [0.05, 0.1) is 41.5 Å². The maximum absolute atomic E-state index is 9.20. The summed E-state index contributed by atoms with van der Waals surface area (Å²) in [6.45, 7) is 5.71. The molecule has 2 N–H and O–H groups in total. The van der Waals surface area contributed by atoms with Gasteiger partial charge in [0.25, 0.3) is 0 Å². The molecule has 12 heteroatoms. The lowest BCUT2D eigenvalue weighted by Gasteiger charge is -2.39. The van der Waals surface area contributed by atoms with Gasteiger partial charge in [0.15, 0.2) is 0 Å². The molecule has 1 aromatic carbocycles. The van der Waals surface area contributed by atoms with Crippen molar-refractivity contribution >= 4 is 17.9 Å². The average Bonchev–Trinajstić information content (AvgIpc) is 3.37. The standard InChI is InChI=1S/C25H26N10.CO2/c1-17-14-33(2)9-10-35(17)24-8-4-7-20(28-24)15-34-16-23(31-32-34)22-12-21(29-25(27)30-22)19-6-3-5-18(11-19)13-26;2-1-3/h3-8,11-12,16-17H,9-10,14-15H2,1-2H3,(H2,27,29,30);/t17-;/m1./s1. The molecule has 38 heavy (non-hydrogen) atoms. The van der Waals surface area contributed by atoms with E-state index in [1.807, 2.05) is 30.5 Å². The van der Waals surface area contributed by atoms with Crippen molar-refractivity contribution in [1.82, 2.24) is 34.8 Å². The highest BCUT2D eigenvalue weighted by atomic mass is 16.2. The number of nitrogen functional groups attached to an aromatic ring is 1. The number of rotatable bonds is 5. The summed E-state index contributed by atoms with van der Waals surface area (Å²) >= 11 is 0. The van der Waals surface area contributed by atoms with Crippen LogP contribution in [0.5, 0.6) is 0 Å². The van der Waals surface area contributed by atoms with Gasteiger partial charge >= 0.3 is 6.15 Å². The molecule has 4 aromatic rings. The smallest absolute Gasteiger partial charge is 0.368 e. The van der Waals surface area contributed by atoms with E-state index in [9.17, 15) is 5.26 Å². The number of nitriles is 1. The Morgan fingerprint density at radius 1 is 1.03 bits per heavy atom. The molecule has 1 fully saturated rings. The number of nitrogens with zero attached hydrogens (tertiary/aromatic N) is 9. The van der Waals surface area contributed by atoms with Crippen molar-refractivity contribution < 1.29 is 9.59 Å². The molecule has 3 aromatic heterocycles. The Bertz CT molecular complexity index is 1490. The molecule has 1 atom stereocenters. The van der Waals surface area contributed by atoms with Crippen LogP contribution in [-0.2, 0) is 16.1 Å². The first kappa shape index (κ1) is 26.1. The topological polar surface area (TPSA) is 160 Å². The van der Waals surface area contributed by atoms with Gasteiger partial charge in [-0.05, 0) is 44.3 Å². The quantitative estimate of drug-likeness (QED) is 0.417. The summed E-state index contributed by atoms with van der Waals surface area (Å²) in [6, 6.07) is 17.6. The predicted molar refractivity (Wildman–Crippen MR) is 138 cm³/mol. The van der Waals surface area contributed by atoms with Crippen LogP contribution in [0.2, 0.25) is 0 Å². The van der Waals surface area contributed by atoms with E-state index >= 15 is 0 Å². The zero-order valence-corrected chi connectivity index (χ0v) is 21.0. The molecule has 1 aliphatic heterocycles. The van der Waals surface area contributed by atoms with Crippen LogP contribution in [0, 0.1) is 11.3 Å². The first-order chi connectivity index (χ1) is 18.4. The molecule has 4 heterocycles. The van der Waals surface area contributed by atoms with Gasteiger partial charge in [-0.25, -0.2) is 19.6 Å². The number of hydrogen-bond donors (Lipinski definition) is 1. The summed E-state index contributed by atoms with van der Waals surface area (Å²) in [5, 5.41) is 17.8. The Balaban J connectivity index is 0.00000107. The van der Waals surface area contributed by atoms with Gasteiger partial charge in [-0.15, -0.1) is 5.10 Å². The lowest BCUT2D eigenvalue weighted by molar-refractivity contribution is -0.191. The van der Waals surface area contributed by atoms with Gasteiger partial charge in [-0.3, -0.25) is 0 Å². The molecule has 12 nitrogen and oxygen atoms in total. The zero-order valence-electron chi connectivity index (χ0n) is 21.0. The number of benzene rings is 1. The molecule has 0 aliphatic carbocycles. The van der Waals surface area contributed by atoms with Crippen molar-refractivity contribution in [3.63, 3.8) is 0 Å². The highest BCUT2D eigenvalue weighted by Gasteiger charge is 2.22. The van der Waals surface area contributed by atoms with Gasteiger partial charge < -0.3 is 15.5 Å². The number of anilines is 2. The minimum absolute atomic E-state index is 0.130. The Kier molecular flexibility index (Phi) is 8.13. The van der Waals surface area contributed by atoms with Crippen LogP contribution < -0.4 is 10.6 Å². The van der Waals surface area contributed by atoms with Crippen LogP contribution in [0.4, 0.5) is 11.8 Å². The molecule has 1 aliphatic rings. The van der Waals surface area contributed by atoms with E-state index < -0.39 is 0 Å². The van der Waals surface area contributed by atoms with E-state index in [0.29, 0.717) is 35.2 Å². The number of hydrogen-bond acceptors (Lipinski definition) is 11. The van der Waals surface area contributed by atoms with Crippen LogP contribution in [-0.4, -0.2) is 73.7 Å². The fraction of sp³-hybridized carbons (Fsp3) is 0.269. The molecule has 0 saturated carbocycles. The van der Waals surface area contributed by atoms with Crippen LogP contribution in [0.1, 0.15) is 18.2 Å². The van der Waals surface area contributed by atoms with Crippen LogP contribution in [0.15, 0.2) is 54.7 Å². The normalized spacial score (nSPS) is 15.2. The van der Waals surface area contributed by atoms with Gasteiger partial charge in [0.1, 0.15) is 11.5 Å². The fourth-order valence-electron chi connectivity index (χ4n) is 4.35. The minimum atomic E-state index is 0.130. The average molecular weight is 511 g/mol. The maximum atomic E-state index is 9.20. The number of likely N-dealkylation sites (N-methyl/N-ethyl adjacent to an activating group) is 1. The Hall–Kier alpha value is -4.98. The minimum Gasteiger partial charge on any atom is -0.368 e. The third kappa shape index (κ3) is 6.22. The first-order valence-electron chi connectivity index (χ1n) is 11.9. The molecule has 192 valence electrons. The van der Waals surface area contributed by atoms with Crippen molar-refractivity contribution in [3.8, 4) is 28.7 Å². The number of nitrogens with two attached hydrogens (primary N) is 1. The predicted octanol–water partition coefficient (Wildman–Crippen LogP) is 1.86. The van der Waals surface area contributed by atoms with Crippen molar-refractivity contribution in [2.24, 2.45) is 0 Å². The van der Waals surface area contributed by atoms with E-state index in [1.165, 1.54) is 0 Å². The second kappa shape index (κ2) is 11.8. The third-order valence-corrected chi connectivity index (χ3v) is 6.07. The van der Waals surface area contributed by atoms with E-state index in [2.05, 4.69) is 56.2 Å². The Morgan fingerprint density at radius 2 is 1.79 bits per heavy atom. The van der Waals surface area contributed by atoms with E-state index in [4.69, 9.17) is 20.3 Å². The summed E-state index contributed by atoms with van der Waals surface area (Å²) < 4.78 is 1.74. The second-order valence-electron chi connectivity index (χ2n) is 8.87. The lowest BCUT2D eigenvalue weighted by Crippen LogP contribution is -2.50. The summed E-state index contributed by atoms with van der Waals surface area (Å²) in [4.78, 5) is 34.5. The monoisotopic (exact) mass is 510 g/mol. The molecule has 0 bridgehead atoms. The van der Waals surface area contributed by atoms with E-state index in [0.717, 1.165) is 36.7 Å². The van der Waals surface area contributed by atoms with Crippen molar-refractivity contribution in [2.75, 3.05) is 37.3 Å². The van der Waals surface area contributed by atoms with Crippen molar-refractivity contribution in [2.45, 2.75) is 19.5 Å². The molecule has 0 unspecified atom stereocenters. The van der Waals surface area contributed by atoms with E-state index in [-0.39, 0.29) is 12.1 Å². The van der Waals surface area contributed by atoms with Crippen molar-refractivity contribution in [1.29, 1.82) is 5.26 Å². The molecular weight excluding hydrogens is 484 g/mol. The van der Waals surface area contributed by atoms with Crippen LogP contribution in [0.3, 0.4) is 0 Å². The lowest BCUT2D eigenvalue weighted by atomic mass is 10.1.